The van der Waals surface area contributed by atoms with Crippen LogP contribution in [0.15, 0.2) is 58.9 Å². The number of fused-ring (bicyclic) bond motifs is 1. The van der Waals surface area contributed by atoms with Crippen molar-refractivity contribution in [2.75, 3.05) is 0 Å². The maximum absolute atomic E-state index is 11.2. The van der Waals surface area contributed by atoms with Gasteiger partial charge in [0.25, 0.3) is 11.6 Å². The number of azo groups is 1. The van der Waals surface area contributed by atoms with Crippen molar-refractivity contribution in [1.82, 2.24) is 19.7 Å². The van der Waals surface area contributed by atoms with E-state index in [0.29, 0.717) is 22.2 Å². The summed E-state index contributed by atoms with van der Waals surface area (Å²) in [5.41, 5.74) is 2.68. The van der Waals surface area contributed by atoms with Crippen molar-refractivity contribution in [3.8, 4) is 17.1 Å². The number of hydrogen-bond donors (Lipinski definition) is 1. The Balaban J connectivity index is 1.79. The number of rotatable bonds is 4. The summed E-state index contributed by atoms with van der Waals surface area (Å²) in [6.07, 6.45) is 1.51. The number of benzene rings is 2. The SMILES string of the molecule is Cc1cc([N+](=O)[O-])cc2c(N=Nc3nncc(-c4ccccc4)n3)c(O)n(C)c12. The van der Waals surface area contributed by atoms with Gasteiger partial charge in [-0.15, -0.1) is 15.3 Å². The van der Waals surface area contributed by atoms with Crippen molar-refractivity contribution in [3.05, 3.63) is 64.3 Å². The predicted octanol–water partition coefficient (Wildman–Crippen LogP) is 4.37. The molecule has 0 fully saturated rings. The van der Waals surface area contributed by atoms with Crippen LogP contribution in [0.1, 0.15) is 5.56 Å². The Labute approximate surface area is 164 Å². The van der Waals surface area contributed by atoms with Crippen molar-refractivity contribution in [2.45, 2.75) is 6.92 Å². The summed E-state index contributed by atoms with van der Waals surface area (Å²) in [5.74, 6) is -0.163. The van der Waals surface area contributed by atoms with Gasteiger partial charge in [-0.1, -0.05) is 30.3 Å². The average molecular weight is 389 g/mol. The summed E-state index contributed by atoms with van der Waals surface area (Å²) < 4.78 is 1.50. The zero-order valence-electron chi connectivity index (χ0n) is 15.5. The molecule has 0 aliphatic heterocycles. The first-order chi connectivity index (χ1) is 14.0. The molecule has 0 radical (unpaired) electrons. The lowest BCUT2D eigenvalue weighted by Crippen LogP contribution is -1.92. The fourth-order valence-corrected chi connectivity index (χ4v) is 3.15. The van der Waals surface area contributed by atoms with Crippen LogP contribution in [0.2, 0.25) is 0 Å². The smallest absolute Gasteiger partial charge is 0.288 e. The number of aryl methyl sites for hydroxylation is 2. The van der Waals surface area contributed by atoms with Gasteiger partial charge < -0.3 is 9.67 Å². The van der Waals surface area contributed by atoms with Crippen LogP contribution < -0.4 is 0 Å². The van der Waals surface area contributed by atoms with Crippen molar-refractivity contribution < 1.29 is 10.0 Å². The molecule has 144 valence electrons. The summed E-state index contributed by atoms with van der Waals surface area (Å²) in [4.78, 5) is 15.0. The van der Waals surface area contributed by atoms with Crippen LogP contribution >= 0.6 is 0 Å². The minimum Gasteiger partial charge on any atom is -0.493 e. The molecule has 0 amide bonds. The van der Waals surface area contributed by atoms with Gasteiger partial charge in [0.1, 0.15) is 0 Å². The molecule has 2 heterocycles. The molecule has 0 unspecified atom stereocenters. The molecule has 0 aliphatic rings. The normalized spacial score (nSPS) is 11.4. The molecule has 0 atom stereocenters. The van der Waals surface area contributed by atoms with E-state index in [1.165, 1.54) is 22.9 Å². The Morgan fingerprint density at radius 3 is 2.66 bits per heavy atom. The van der Waals surface area contributed by atoms with E-state index >= 15 is 0 Å². The van der Waals surface area contributed by atoms with Gasteiger partial charge in [0.15, 0.2) is 5.69 Å². The predicted molar refractivity (Wildman–Crippen MR) is 105 cm³/mol. The van der Waals surface area contributed by atoms with Crippen molar-refractivity contribution in [1.29, 1.82) is 0 Å². The van der Waals surface area contributed by atoms with E-state index in [1.54, 1.807) is 14.0 Å². The highest BCUT2D eigenvalue weighted by atomic mass is 16.6. The fraction of sp³-hybridized carbons (Fsp3) is 0.105. The quantitative estimate of drug-likeness (QED) is 0.313. The number of hydrogen-bond acceptors (Lipinski definition) is 8. The van der Waals surface area contributed by atoms with E-state index < -0.39 is 4.92 Å². The van der Waals surface area contributed by atoms with Crippen molar-refractivity contribution >= 4 is 28.2 Å². The molecule has 10 nitrogen and oxygen atoms in total. The lowest BCUT2D eigenvalue weighted by atomic mass is 10.1. The average Bonchev–Trinajstić information content (AvgIpc) is 2.97. The number of aromatic nitrogens is 4. The van der Waals surface area contributed by atoms with Gasteiger partial charge >= 0.3 is 0 Å². The Hall–Kier alpha value is -4.21. The monoisotopic (exact) mass is 389 g/mol. The molecule has 0 saturated carbocycles. The van der Waals surface area contributed by atoms with Gasteiger partial charge in [0.2, 0.25) is 5.88 Å². The van der Waals surface area contributed by atoms with Gasteiger partial charge in [-0.3, -0.25) is 10.1 Å². The lowest BCUT2D eigenvalue weighted by molar-refractivity contribution is -0.384. The molecule has 4 rings (SSSR count). The first-order valence-corrected chi connectivity index (χ1v) is 8.59. The van der Waals surface area contributed by atoms with Gasteiger partial charge in [0.05, 0.1) is 22.3 Å². The molecule has 0 bridgehead atoms. The highest BCUT2D eigenvalue weighted by molar-refractivity contribution is 5.98. The van der Waals surface area contributed by atoms with E-state index in [2.05, 4.69) is 25.4 Å². The molecule has 0 saturated heterocycles. The van der Waals surface area contributed by atoms with E-state index in [4.69, 9.17) is 0 Å². The van der Waals surface area contributed by atoms with E-state index in [-0.39, 0.29) is 23.2 Å². The van der Waals surface area contributed by atoms with Crippen LogP contribution in [-0.2, 0) is 7.05 Å². The summed E-state index contributed by atoms with van der Waals surface area (Å²) in [6, 6.07) is 12.2. The molecular formula is C19H15N7O3. The first-order valence-electron chi connectivity index (χ1n) is 8.59. The van der Waals surface area contributed by atoms with Crippen LogP contribution in [0.4, 0.5) is 17.3 Å². The van der Waals surface area contributed by atoms with E-state index in [9.17, 15) is 15.2 Å². The van der Waals surface area contributed by atoms with Crippen LogP contribution in [0.25, 0.3) is 22.2 Å². The molecule has 0 spiro atoms. The Morgan fingerprint density at radius 1 is 1.17 bits per heavy atom. The maximum atomic E-state index is 11.2. The highest BCUT2D eigenvalue weighted by Crippen LogP contribution is 2.41. The Kier molecular flexibility index (Phi) is 4.43. The topological polar surface area (TPSA) is 132 Å². The standard InChI is InChI=1S/C19H15N7O3/c1-11-8-13(26(28)29)9-14-16(18(27)25(2)17(11)14)22-24-19-21-15(10-20-23-19)12-6-4-3-5-7-12/h3-10,27H,1-2H3. The van der Waals surface area contributed by atoms with Gasteiger partial charge in [-0.2, -0.15) is 5.10 Å². The van der Waals surface area contributed by atoms with Gasteiger partial charge in [0, 0.05) is 30.1 Å². The molecule has 4 aromatic rings. The number of nitrogens with zero attached hydrogens (tertiary/aromatic N) is 7. The second-order valence-corrected chi connectivity index (χ2v) is 6.35. The van der Waals surface area contributed by atoms with Crippen molar-refractivity contribution in [2.24, 2.45) is 17.3 Å². The third-order valence-corrected chi connectivity index (χ3v) is 4.47. The molecular weight excluding hydrogens is 374 g/mol. The third kappa shape index (κ3) is 3.27. The minimum absolute atomic E-state index is 0.00455. The molecule has 2 aromatic carbocycles. The molecule has 2 aromatic heterocycles. The Morgan fingerprint density at radius 2 is 1.93 bits per heavy atom. The zero-order valence-corrected chi connectivity index (χ0v) is 15.5. The zero-order chi connectivity index (χ0) is 20.5. The number of nitro groups is 1. The second-order valence-electron chi connectivity index (χ2n) is 6.35. The van der Waals surface area contributed by atoms with E-state index in [0.717, 1.165) is 5.56 Å². The molecule has 29 heavy (non-hydrogen) atoms. The lowest BCUT2D eigenvalue weighted by Gasteiger charge is -2.01. The first kappa shape index (κ1) is 18.2. The van der Waals surface area contributed by atoms with Crippen molar-refractivity contribution in [3.63, 3.8) is 0 Å². The highest BCUT2D eigenvalue weighted by Gasteiger charge is 2.20. The fourth-order valence-electron chi connectivity index (χ4n) is 3.15. The molecule has 1 N–H and O–H groups in total. The largest absolute Gasteiger partial charge is 0.493 e. The van der Waals surface area contributed by atoms with Crippen LogP contribution in [-0.4, -0.2) is 29.8 Å². The molecule has 10 heteroatoms. The van der Waals surface area contributed by atoms with Crippen LogP contribution in [0.3, 0.4) is 0 Å². The van der Waals surface area contributed by atoms with E-state index in [1.807, 2.05) is 30.3 Å². The summed E-state index contributed by atoms with van der Waals surface area (Å²) in [7, 11) is 1.64. The maximum Gasteiger partial charge on any atom is 0.288 e. The number of aromatic hydroxyl groups is 1. The number of nitro benzene ring substituents is 1. The summed E-state index contributed by atoms with van der Waals surface area (Å²) in [6.45, 7) is 1.73. The van der Waals surface area contributed by atoms with Crippen LogP contribution in [0.5, 0.6) is 5.88 Å². The third-order valence-electron chi connectivity index (χ3n) is 4.47. The number of non-ortho nitro benzene ring substituents is 1. The van der Waals surface area contributed by atoms with Gasteiger partial charge in [-0.25, -0.2) is 4.98 Å². The summed E-state index contributed by atoms with van der Waals surface area (Å²) >= 11 is 0. The van der Waals surface area contributed by atoms with Crippen LogP contribution in [0, 0.1) is 17.0 Å². The summed E-state index contributed by atoms with van der Waals surface area (Å²) in [5, 5.41) is 37.9. The second kappa shape index (κ2) is 7.08. The Bertz CT molecular complexity index is 1270. The van der Waals surface area contributed by atoms with Gasteiger partial charge in [-0.05, 0) is 12.5 Å². The molecule has 0 aliphatic carbocycles. The minimum atomic E-state index is -0.492.